The highest BCUT2D eigenvalue weighted by Crippen LogP contribution is 2.28. The molecule has 2 rings (SSSR count). The zero-order valence-corrected chi connectivity index (χ0v) is 6.28. The van der Waals surface area contributed by atoms with E-state index in [1.54, 1.807) is 0 Å². The highest BCUT2D eigenvalue weighted by Gasteiger charge is 2.30. The topological polar surface area (TPSA) is 30.2 Å². The minimum atomic E-state index is -4.32. The highest BCUT2D eigenvalue weighted by molar-refractivity contribution is 5.38. The average molecular weight is 187 g/mol. The van der Waals surface area contributed by atoms with Gasteiger partial charge in [-0.15, -0.1) is 10.2 Å². The summed E-state index contributed by atoms with van der Waals surface area (Å²) in [6.07, 6.45) is -2.14. The summed E-state index contributed by atoms with van der Waals surface area (Å²) in [6, 6.07) is 2.25. The molecule has 0 fully saturated rings. The number of fused-ring (bicyclic) bond motifs is 1. The van der Waals surface area contributed by atoms with Gasteiger partial charge in [0.1, 0.15) is 6.33 Å². The van der Waals surface area contributed by atoms with E-state index in [4.69, 9.17) is 0 Å². The van der Waals surface area contributed by atoms with Gasteiger partial charge < -0.3 is 0 Å². The Kier molecular flexibility index (Phi) is 1.51. The van der Waals surface area contributed by atoms with E-state index >= 15 is 0 Å². The largest absolute Gasteiger partial charge is 0.417 e. The van der Waals surface area contributed by atoms with Crippen LogP contribution in [0.2, 0.25) is 0 Å². The summed E-state index contributed by atoms with van der Waals surface area (Å²) in [6.45, 7) is 0. The molecule has 0 aliphatic carbocycles. The lowest BCUT2D eigenvalue weighted by atomic mass is 10.3. The molecular formula is C7H4F3N3. The number of hydrogen-bond donors (Lipinski definition) is 0. The van der Waals surface area contributed by atoms with Gasteiger partial charge in [-0.05, 0) is 12.1 Å². The van der Waals surface area contributed by atoms with Crippen LogP contribution in [0.25, 0.3) is 5.65 Å². The fourth-order valence-electron chi connectivity index (χ4n) is 0.995. The van der Waals surface area contributed by atoms with Crippen LogP contribution in [-0.4, -0.2) is 14.6 Å². The zero-order chi connectivity index (χ0) is 9.47. The van der Waals surface area contributed by atoms with Crippen molar-refractivity contribution in [1.82, 2.24) is 14.6 Å². The van der Waals surface area contributed by atoms with Crippen LogP contribution in [0, 0.1) is 0 Å². The minimum Gasteiger partial charge on any atom is -0.288 e. The Hall–Kier alpha value is -1.59. The van der Waals surface area contributed by atoms with Gasteiger partial charge in [0.25, 0.3) is 0 Å². The number of halogens is 3. The predicted octanol–water partition coefficient (Wildman–Crippen LogP) is 1.75. The van der Waals surface area contributed by atoms with Crippen LogP contribution in [0.5, 0.6) is 0 Å². The monoisotopic (exact) mass is 187 g/mol. The summed E-state index contributed by atoms with van der Waals surface area (Å²) in [5.41, 5.74) is -0.312. The van der Waals surface area contributed by atoms with Crippen molar-refractivity contribution in [2.24, 2.45) is 0 Å². The zero-order valence-electron chi connectivity index (χ0n) is 6.28. The summed E-state index contributed by atoms with van der Waals surface area (Å²) in [5.74, 6) is 0. The minimum absolute atomic E-state index is 0.396. The normalized spacial score (nSPS) is 12.2. The molecular weight excluding hydrogens is 183 g/mol. The third kappa shape index (κ3) is 1.34. The van der Waals surface area contributed by atoms with Gasteiger partial charge in [0.15, 0.2) is 5.65 Å². The average Bonchev–Trinajstić information content (AvgIpc) is 2.47. The molecule has 2 aromatic rings. The molecule has 0 spiro atoms. The number of nitrogens with zero attached hydrogens (tertiary/aromatic N) is 3. The lowest BCUT2D eigenvalue weighted by Gasteiger charge is -2.05. The third-order valence-corrected chi connectivity index (χ3v) is 1.62. The molecule has 0 saturated carbocycles. The van der Waals surface area contributed by atoms with Gasteiger partial charge >= 0.3 is 6.18 Å². The molecule has 0 atom stereocenters. The van der Waals surface area contributed by atoms with Gasteiger partial charge in [0.05, 0.1) is 5.56 Å². The standard InChI is InChI=1S/C7H4F3N3/c8-7(9,10)5-1-2-6-12-11-4-13(6)3-5/h1-4H. The molecule has 68 valence electrons. The molecule has 0 bridgehead atoms. The molecule has 3 nitrogen and oxygen atoms in total. The van der Waals surface area contributed by atoms with Crippen LogP contribution in [0.3, 0.4) is 0 Å². The summed E-state index contributed by atoms with van der Waals surface area (Å²) < 4.78 is 37.7. The first kappa shape index (κ1) is 8.03. The Bertz CT molecular complexity index is 432. The predicted molar refractivity (Wildman–Crippen MR) is 38.0 cm³/mol. The summed E-state index contributed by atoms with van der Waals surface area (Å²) in [4.78, 5) is 0. The van der Waals surface area contributed by atoms with Crippen LogP contribution in [-0.2, 0) is 6.18 Å². The summed E-state index contributed by atoms with van der Waals surface area (Å²) in [5, 5.41) is 7.06. The molecule has 6 heteroatoms. The van der Waals surface area contributed by atoms with E-state index < -0.39 is 11.7 Å². The molecule has 0 radical (unpaired) electrons. The first-order valence-electron chi connectivity index (χ1n) is 3.44. The van der Waals surface area contributed by atoms with Crippen molar-refractivity contribution in [1.29, 1.82) is 0 Å². The number of alkyl halides is 3. The molecule has 2 aromatic heterocycles. The lowest BCUT2D eigenvalue weighted by Crippen LogP contribution is -2.05. The highest BCUT2D eigenvalue weighted by atomic mass is 19.4. The molecule has 0 aliphatic heterocycles. The Morgan fingerprint density at radius 3 is 2.69 bits per heavy atom. The maximum absolute atomic E-state index is 12.2. The van der Waals surface area contributed by atoms with Gasteiger partial charge in [0, 0.05) is 6.20 Å². The van der Waals surface area contributed by atoms with Crippen molar-refractivity contribution in [2.75, 3.05) is 0 Å². The quantitative estimate of drug-likeness (QED) is 0.628. The lowest BCUT2D eigenvalue weighted by molar-refractivity contribution is -0.137. The van der Waals surface area contributed by atoms with Crippen LogP contribution < -0.4 is 0 Å². The molecule has 0 amide bonds. The van der Waals surface area contributed by atoms with Crippen LogP contribution >= 0.6 is 0 Å². The maximum atomic E-state index is 12.2. The number of hydrogen-bond acceptors (Lipinski definition) is 2. The molecule has 13 heavy (non-hydrogen) atoms. The molecule has 0 aromatic carbocycles. The SMILES string of the molecule is FC(F)(F)c1ccc2nncn2c1. The summed E-state index contributed by atoms with van der Waals surface area (Å²) >= 11 is 0. The Labute approximate surface area is 70.8 Å². The van der Waals surface area contributed by atoms with E-state index in [1.165, 1.54) is 16.8 Å². The fourth-order valence-corrected chi connectivity index (χ4v) is 0.995. The molecule has 0 saturated heterocycles. The van der Waals surface area contributed by atoms with Crippen molar-refractivity contribution in [3.05, 3.63) is 30.2 Å². The van der Waals surface area contributed by atoms with E-state index in [0.717, 1.165) is 12.3 Å². The number of rotatable bonds is 0. The second-order valence-corrected chi connectivity index (χ2v) is 2.51. The Balaban J connectivity index is 2.61. The van der Waals surface area contributed by atoms with Crippen molar-refractivity contribution >= 4 is 5.65 Å². The van der Waals surface area contributed by atoms with Gasteiger partial charge in [-0.3, -0.25) is 4.40 Å². The third-order valence-electron chi connectivity index (χ3n) is 1.62. The van der Waals surface area contributed by atoms with Crippen molar-refractivity contribution in [2.45, 2.75) is 6.18 Å². The van der Waals surface area contributed by atoms with Gasteiger partial charge in [-0.1, -0.05) is 0 Å². The van der Waals surface area contributed by atoms with E-state index in [1.807, 2.05) is 0 Å². The van der Waals surface area contributed by atoms with E-state index in [2.05, 4.69) is 10.2 Å². The fraction of sp³-hybridized carbons (Fsp3) is 0.143. The number of pyridine rings is 1. The van der Waals surface area contributed by atoms with Crippen LogP contribution in [0.4, 0.5) is 13.2 Å². The van der Waals surface area contributed by atoms with Gasteiger partial charge in [-0.25, -0.2) is 0 Å². The molecule has 0 unspecified atom stereocenters. The van der Waals surface area contributed by atoms with Crippen molar-refractivity contribution < 1.29 is 13.2 Å². The molecule has 0 N–H and O–H groups in total. The second-order valence-electron chi connectivity index (χ2n) is 2.51. The Morgan fingerprint density at radius 1 is 1.23 bits per heavy atom. The van der Waals surface area contributed by atoms with Crippen molar-refractivity contribution in [3.8, 4) is 0 Å². The molecule has 0 aliphatic rings. The summed E-state index contributed by atoms with van der Waals surface area (Å²) in [7, 11) is 0. The van der Waals surface area contributed by atoms with Gasteiger partial charge in [-0.2, -0.15) is 13.2 Å². The molecule has 2 heterocycles. The first-order chi connectivity index (χ1) is 6.07. The number of aromatic nitrogens is 3. The maximum Gasteiger partial charge on any atom is 0.417 e. The van der Waals surface area contributed by atoms with Gasteiger partial charge in [0.2, 0.25) is 0 Å². The van der Waals surface area contributed by atoms with E-state index in [9.17, 15) is 13.2 Å². The second kappa shape index (κ2) is 2.45. The van der Waals surface area contributed by atoms with E-state index in [-0.39, 0.29) is 0 Å². The van der Waals surface area contributed by atoms with Crippen LogP contribution in [0.15, 0.2) is 24.7 Å². The van der Waals surface area contributed by atoms with Crippen molar-refractivity contribution in [3.63, 3.8) is 0 Å². The first-order valence-corrected chi connectivity index (χ1v) is 3.44. The smallest absolute Gasteiger partial charge is 0.288 e. The Morgan fingerprint density at radius 2 is 2.00 bits per heavy atom. The van der Waals surface area contributed by atoms with Crippen LogP contribution in [0.1, 0.15) is 5.56 Å². The van der Waals surface area contributed by atoms with E-state index in [0.29, 0.717) is 5.65 Å².